The standard InChI is InChI=1S/C16H24N2O4/c1-21-11-16(20)17-14-9-18(8-13(14)10-19)7-12-5-3-4-6-15(12)22-2/h3-6,13-14,19H,7-11H2,1-2H3,(H,17,20)/t13-,14+/m0/s1. The van der Waals surface area contributed by atoms with E-state index < -0.39 is 0 Å². The molecule has 0 unspecified atom stereocenters. The van der Waals surface area contributed by atoms with Crippen LogP contribution in [-0.2, 0) is 16.1 Å². The normalized spacial score (nSPS) is 21.8. The van der Waals surface area contributed by atoms with Gasteiger partial charge in [-0.3, -0.25) is 9.69 Å². The number of aliphatic hydroxyl groups excluding tert-OH is 1. The average Bonchev–Trinajstić information content (AvgIpc) is 2.89. The van der Waals surface area contributed by atoms with Crippen LogP contribution in [-0.4, -0.2) is 62.5 Å². The second kappa shape index (κ2) is 8.12. The highest BCUT2D eigenvalue weighted by Gasteiger charge is 2.33. The van der Waals surface area contributed by atoms with E-state index in [-0.39, 0.29) is 31.1 Å². The van der Waals surface area contributed by atoms with Crippen LogP contribution in [0.5, 0.6) is 5.75 Å². The molecule has 1 aromatic carbocycles. The highest BCUT2D eigenvalue weighted by molar-refractivity contribution is 5.77. The first-order chi connectivity index (χ1) is 10.7. The quantitative estimate of drug-likeness (QED) is 0.755. The first-order valence-electron chi connectivity index (χ1n) is 7.41. The summed E-state index contributed by atoms with van der Waals surface area (Å²) in [5, 5.41) is 12.5. The van der Waals surface area contributed by atoms with Gasteiger partial charge in [0, 0.05) is 50.9 Å². The molecule has 6 nitrogen and oxygen atoms in total. The molecule has 1 fully saturated rings. The van der Waals surface area contributed by atoms with Gasteiger partial charge in [0.05, 0.1) is 7.11 Å². The number of rotatable bonds is 7. The first-order valence-corrected chi connectivity index (χ1v) is 7.41. The average molecular weight is 308 g/mol. The lowest BCUT2D eigenvalue weighted by molar-refractivity contribution is -0.125. The summed E-state index contributed by atoms with van der Waals surface area (Å²) in [4.78, 5) is 13.9. The Labute approximate surface area is 131 Å². The van der Waals surface area contributed by atoms with Crippen molar-refractivity contribution < 1.29 is 19.4 Å². The van der Waals surface area contributed by atoms with Crippen molar-refractivity contribution in [2.45, 2.75) is 12.6 Å². The van der Waals surface area contributed by atoms with Crippen LogP contribution < -0.4 is 10.1 Å². The van der Waals surface area contributed by atoms with Gasteiger partial charge < -0.3 is 19.9 Å². The minimum absolute atomic E-state index is 0.0375. The van der Waals surface area contributed by atoms with Crippen LogP contribution in [0.15, 0.2) is 24.3 Å². The number of carbonyl (C=O) groups excluding carboxylic acids is 1. The van der Waals surface area contributed by atoms with Crippen molar-refractivity contribution >= 4 is 5.91 Å². The van der Waals surface area contributed by atoms with Gasteiger partial charge in [-0.25, -0.2) is 0 Å². The Balaban J connectivity index is 1.97. The number of hydrogen-bond donors (Lipinski definition) is 2. The predicted molar refractivity (Wildman–Crippen MR) is 82.7 cm³/mol. The van der Waals surface area contributed by atoms with Gasteiger partial charge >= 0.3 is 0 Å². The molecule has 0 bridgehead atoms. The molecular formula is C16H24N2O4. The largest absolute Gasteiger partial charge is 0.496 e. The van der Waals surface area contributed by atoms with Crippen molar-refractivity contribution in [2.75, 3.05) is 40.5 Å². The Hall–Kier alpha value is -1.63. The number of amides is 1. The molecule has 1 aliphatic rings. The number of aliphatic hydroxyl groups is 1. The van der Waals surface area contributed by atoms with Crippen LogP contribution in [0.2, 0.25) is 0 Å². The maximum Gasteiger partial charge on any atom is 0.246 e. The molecule has 6 heteroatoms. The van der Waals surface area contributed by atoms with Gasteiger partial charge in [-0.1, -0.05) is 18.2 Å². The molecule has 2 atom stereocenters. The number of benzene rings is 1. The number of nitrogens with zero attached hydrogens (tertiary/aromatic N) is 1. The second-order valence-corrected chi connectivity index (χ2v) is 5.56. The fourth-order valence-corrected chi connectivity index (χ4v) is 2.89. The maximum absolute atomic E-state index is 11.7. The zero-order chi connectivity index (χ0) is 15.9. The first kappa shape index (κ1) is 16.7. The molecule has 22 heavy (non-hydrogen) atoms. The van der Waals surface area contributed by atoms with E-state index in [9.17, 15) is 9.90 Å². The molecule has 1 heterocycles. The van der Waals surface area contributed by atoms with Crippen molar-refractivity contribution in [1.82, 2.24) is 10.2 Å². The lowest BCUT2D eigenvalue weighted by Gasteiger charge is -2.18. The molecule has 1 aromatic rings. The van der Waals surface area contributed by atoms with E-state index in [4.69, 9.17) is 9.47 Å². The van der Waals surface area contributed by atoms with E-state index in [2.05, 4.69) is 10.2 Å². The fraction of sp³-hybridized carbons (Fsp3) is 0.562. The molecule has 122 valence electrons. The van der Waals surface area contributed by atoms with Gasteiger partial charge in [0.1, 0.15) is 12.4 Å². The highest BCUT2D eigenvalue weighted by atomic mass is 16.5. The Morgan fingerprint density at radius 1 is 1.36 bits per heavy atom. The minimum atomic E-state index is -0.148. The summed E-state index contributed by atoms with van der Waals surface area (Å²) >= 11 is 0. The zero-order valence-corrected chi connectivity index (χ0v) is 13.1. The van der Waals surface area contributed by atoms with Gasteiger partial charge in [-0.05, 0) is 6.07 Å². The lowest BCUT2D eigenvalue weighted by Crippen LogP contribution is -2.43. The van der Waals surface area contributed by atoms with E-state index in [1.165, 1.54) is 7.11 Å². The van der Waals surface area contributed by atoms with Gasteiger partial charge in [-0.15, -0.1) is 0 Å². The SMILES string of the molecule is COCC(=O)N[C@@H]1CN(Cc2ccccc2OC)C[C@H]1CO. The summed E-state index contributed by atoms with van der Waals surface area (Å²) in [5.74, 6) is 0.746. The van der Waals surface area contributed by atoms with Crippen molar-refractivity contribution in [3.05, 3.63) is 29.8 Å². The topological polar surface area (TPSA) is 71.0 Å². The fourth-order valence-electron chi connectivity index (χ4n) is 2.89. The summed E-state index contributed by atoms with van der Waals surface area (Å²) in [6, 6.07) is 7.84. The molecule has 0 radical (unpaired) electrons. The smallest absolute Gasteiger partial charge is 0.246 e. The summed E-state index contributed by atoms with van der Waals surface area (Å²) in [5.41, 5.74) is 1.10. The third-order valence-corrected chi connectivity index (χ3v) is 3.96. The van der Waals surface area contributed by atoms with E-state index in [1.54, 1.807) is 7.11 Å². The maximum atomic E-state index is 11.7. The summed E-state index contributed by atoms with van der Waals surface area (Å²) in [6.45, 7) is 2.28. The molecule has 1 amide bonds. The van der Waals surface area contributed by atoms with Crippen molar-refractivity contribution in [3.8, 4) is 5.75 Å². The number of likely N-dealkylation sites (tertiary alicyclic amines) is 1. The van der Waals surface area contributed by atoms with E-state index in [0.717, 1.165) is 24.4 Å². The van der Waals surface area contributed by atoms with E-state index in [0.29, 0.717) is 6.54 Å². The van der Waals surface area contributed by atoms with Crippen LogP contribution in [0, 0.1) is 5.92 Å². The van der Waals surface area contributed by atoms with E-state index >= 15 is 0 Å². The van der Waals surface area contributed by atoms with Gasteiger partial charge in [0.2, 0.25) is 5.91 Å². The van der Waals surface area contributed by atoms with Crippen LogP contribution in [0.1, 0.15) is 5.56 Å². The zero-order valence-electron chi connectivity index (χ0n) is 13.1. The molecule has 0 spiro atoms. The van der Waals surface area contributed by atoms with Crippen molar-refractivity contribution in [3.63, 3.8) is 0 Å². The number of methoxy groups -OCH3 is 2. The number of nitrogens with one attached hydrogen (secondary N) is 1. The minimum Gasteiger partial charge on any atom is -0.496 e. The third kappa shape index (κ3) is 4.19. The van der Waals surface area contributed by atoms with Crippen molar-refractivity contribution in [1.29, 1.82) is 0 Å². The Morgan fingerprint density at radius 2 is 2.14 bits per heavy atom. The molecular weight excluding hydrogens is 284 g/mol. The van der Waals surface area contributed by atoms with Gasteiger partial charge in [0.15, 0.2) is 0 Å². The Bertz CT molecular complexity index is 495. The molecule has 0 aliphatic carbocycles. The number of para-hydroxylation sites is 1. The van der Waals surface area contributed by atoms with E-state index in [1.807, 2.05) is 24.3 Å². The summed E-state index contributed by atoms with van der Waals surface area (Å²) in [7, 11) is 3.15. The highest BCUT2D eigenvalue weighted by Crippen LogP contribution is 2.23. The lowest BCUT2D eigenvalue weighted by atomic mass is 10.1. The molecule has 0 aromatic heterocycles. The molecule has 0 saturated carbocycles. The molecule has 1 aliphatic heterocycles. The van der Waals surface area contributed by atoms with Gasteiger partial charge in [0.25, 0.3) is 0 Å². The van der Waals surface area contributed by atoms with Crippen LogP contribution in [0.25, 0.3) is 0 Å². The number of hydrogen-bond acceptors (Lipinski definition) is 5. The molecule has 2 N–H and O–H groups in total. The summed E-state index contributed by atoms with van der Waals surface area (Å²) in [6.07, 6.45) is 0. The van der Waals surface area contributed by atoms with Gasteiger partial charge in [-0.2, -0.15) is 0 Å². The predicted octanol–water partition coefficient (Wildman–Crippen LogP) is 0.251. The molecule has 2 rings (SSSR count). The Kier molecular flexibility index (Phi) is 6.18. The number of ether oxygens (including phenoxy) is 2. The number of carbonyl (C=O) groups is 1. The van der Waals surface area contributed by atoms with Crippen LogP contribution in [0.3, 0.4) is 0 Å². The van der Waals surface area contributed by atoms with Crippen LogP contribution in [0.4, 0.5) is 0 Å². The van der Waals surface area contributed by atoms with Crippen LogP contribution >= 0.6 is 0 Å². The third-order valence-electron chi connectivity index (χ3n) is 3.96. The molecule has 1 saturated heterocycles. The summed E-state index contributed by atoms with van der Waals surface area (Å²) < 4.78 is 10.2. The Morgan fingerprint density at radius 3 is 2.82 bits per heavy atom. The monoisotopic (exact) mass is 308 g/mol. The van der Waals surface area contributed by atoms with Crippen molar-refractivity contribution in [2.24, 2.45) is 5.92 Å². The second-order valence-electron chi connectivity index (χ2n) is 5.56.